The lowest BCUT2D eigenvalue weighted by molar-refractivity contribution is -0.127. The number of furan rings is 1. The van der Waals surface area contributed by atoms with Gasteiger partial charge in [0.25, 0.3) is 0 Å². The van der Waals surface area contributed by atoms with Crippen LogP contribution in [0.1, 0.15) is 16.9 Å². The first-order valence-electron chi connectivity index (χ1n) is 9.58. The summed E-state index contributed by atoms with van der Waals surface area (Å²) in [5, 5.41) is 0. The molecule has 1 amide bonds. The third-order valence-corrected chi connectivity index (χ3v) is 6.05. The normalized spacial score (nSPS) is 11.5. The van der Waals surface area contributed by atoms with E-state index in [4.69, 9.17) is 9.15 Å². The van der Waals surface area contributed by atoms with Crippen molar-refractivity contribution >= 4 is 22.0 Å². The monoisotopic (exact) mass is 440 g/mol. The Bertz CT molecular complexity index is 1140. The third kappa shape index (κ3) is 5.84. The minimum Gasteiger partial charge on any atom is -0.495 e. The molecule has 0 bridgehead atoms. The molecule has 3 aromatic rings. The quantitative estimate of drug-likeness (QED) is 0.515. The Hall–Kier alpha value is -3.36. The van der Waals surface area contributed by atoms with Crippen LogP contribution in [0.5, 0.6) is 5.75 Å². The van der Waals surface area contributed by atoms with E-state index in [1.54, 1.807) is 35.4 Å². The zero-order valence-electron chi connectivity index (χ0n) is 17.3. The van der Waals surface area contributed by atoms with Crippen LogP contribution < -0.4 is 9.46 Å². The van der Waals surface area contributed by atoms with Crippen molar-refractivity contribution in [1.82, 2.24) is 9.62 Å². The molecule has 0 fully saturated rings. The zero-order valence-corrected chi connectivity index (χ0v) is 18.1. The molecule has 3 rings (SSSR count). The molecule has 7 nitrogen and oxygen atoms in total. The highest BCUT2D eigenvalue weighted by atomic mass is 32.2. The molecule has 1 heterocycles. The van der Waals surface area contributed by atoms with E-state index in [0.29, 0.717) is 24.4 Å². The highest BCUT2D eigenvalue weighted by Gasteiger charge is 2.18. The number of rotatable bonds is 9. The topological polar surface area (TPSA) is 88.9 Å². The number of benzene rings is 2. The average molecular weight is 441 g/mol. The molecular weight excluding hydrogens is 416 g/mol. The zero-order chi connectivity index (χ0) is 22.3. The van der Waals surface area contributed by atoms with Gasteiger partial charge in [-0.3, -0.25) is 4.79 Å². The summed E-state index contributed by atoms with van der Waals surface area (Å²) >= 11 is 0. The summed E-state index contributed by atoms with van der Waals surface area (Å²) in [4.78, 5) is 14.6. The maximum Gasteiger partial charge on any atom is 0.247 e. The summed E-state index contributed by atoms with van der Waals surface area (Å²) in [5.41, 5.74) is 1.54. The molecule has 1 aromatic heterocycles. The minimum atomic E-state index is -3.71. The number of nitrogens with zero attached hydrogens (tertiary/aromatic N) is 1. The van der Waals surface area contributed by atoms with E-state index in [9.17, 15) is 13.2 Å². The highest BCUT2D eigenvalue weighted by Crippen LogP contribution is 2.25. The van der Waals surface area contributed by atoms with Crippen LogP contribution in [0, 0.1) is 0 Å². The van der Waals surface area contributed by atoms with Crippen LogP contribution in [-0.4, -0.2) is 33.4 Å². The van der Waals surface area contributed by atoms with Crippen LogP contribution in [0.4, 0.5) is 0 Å². The van der Waals surface area contributed by atoms with Crippen molar-refractivity contribution in [2.45, 2.75) is 18.0 Å². The summed E-state index contributed by atoms with van der Waals surface area (Å²) in [6.45, 7) is 0.722. The molecule has 8 heteroatoms. The van der Waals surface area contributed by atoms with Crippen molar-refractivity contribution in [2.24, 2.45) is 0 Å². The molecule has 0 spiro atoms. The van der Waals surface area contributed by atoms with Gasteiger partial charge in [0.05, 0.1) is 19.9 Å². The number of ether oxygens (including phenoxy) is 1. The third-order valence-electron chi connectivity index (χ3n) is 4.62. The molecule has 0 unspecified atom stereocenters. The molecule has 0 aliphatic carbocycles. The molecule has 0 aliphatic heterocycles. The van der Waals surface area contributed by atoms with Crippen molar-refractivity contribution in [3.05, 3.63) is 89.9 Å². The lowest BCUT2D eigenvalue weighted by atomic mass is 10.2. The Balaban J connectivity index is 1.84. The van der Waals surface area contributed by atoms with Gasteiger partial charge >= 0.3 is 0 Å². The lowest BCUT2D eigenvalue weighted by Gasteiger charge is -2.20. The minimum absolute atomic E-state index is 0.00354. The molecule has 0 saturated heterocycles. The fourth-order valence-corrected chi connectivity index (χ4v) is 3.92. The van der Waals surface area contributed by atoms with Crippen molar-refractivity contribution in [2.75, 3.05) is 14.2 Å². The Morgan fingerprint density at radius 2 is 1.87 bits per heavy atom. The fourth-order valence-electron chi connectivity index (χ4n) is 3.00. The SMILES string of the molecule is CNS(=O)(=O)c1cc(/C=C/C(=O)N(Cc2ccccc2)Cc2ccco2)ccc1OC. The Morgan fingerprint density at radius 3 is 2.52 bits per heavy atom. The van der Waals surface area contributed by atoms with Gasteiger partial charge in [0.2, 0.25) is 15.9 Å². The van der Waals surface area contributed by atoms with Gasteiger partial charge in [-0.05, 0) is 48.5 Å². The van der Waals surface area contributed by atoms with Crippen molar-refractivity contribution in [3.63, 3.8) is 0 Å². The molecule has 0 radical (unpaired) electrons. The van der Waals surface area contributed by atoms with E-state index in [1.165, 1.54) is 26.3 Å². The van der Waals surface area contributed by atoms with Gasteiger partial charge < -0.3 is 14.1 Å². The molecule has 0 aliphatic rings. The molecule has 162 valence electrons. The smallest absolute Gasteiger partial charge is 0.247 e. The van der Waals surface area contributed by atoms with Gasteiger partial charge in [0.1, 0.15) is 16.4 Å². The summed E-state index contributed by atoms with van der Waals surface area (Å²) in [7, 11) is -0.978. The first-order chi connectivity index (χ1) is 14.9. The first kappa shape index (κ1) is 22.3. The average Bonchev–Trinajstić information content (AvgIpc) is 3.30. The number of carbonyl (C=O) groups excluding carboxylic acids is 1. The molecule has 0 saturated carbocycles. The van der Waals surface area contributed by atoms with Gasteiger partial charge in [-0.1, -0.05) is 36.4 Å². The number of nitrogens with one attached hydrogen (secondary N) is 1. The summed E-state index contributed by atoms with van der Waals surface area (Å²) in [6, 6.07) is 17.9. The Morgan fingerprint density at radius 1 is 1.10 bits per heavy atom. The van der Waals surface area contributed by atoms with E-state index < -0.39 is 10.0 Å². The Labute approximate surface area is 182 Å². The number of sulfonamides is 1. The van der Waals surface area contributed by atoms with Crippen LogP contribution >= 0.6 is 0 Å². The van der Waals surface area contributed by atoms with E-state index in [0.717, 1.165) is 5.56 Å². The lowest BCUT2D eigenvalue weighted by Crippen LogP contribution is -2.28. The summed E-state index contributed by atoms with van der Waals surface area (Å²) in [6.07, 6.45) is 4.57. The standard InChI is InChI=1S/C23H24N2O5S/c1-24-31(27,28)22-15-18(10-12-21(22)29-2)11-13-23(26)25(17-20-9-6-14-30-20)16-19-7-4-3-5-8-19/h3-15,24H,16-17H2,1-2H3/b13-11+. The van der Waals surface area contributed by atoms with Gasteiger partial charge in [-0.15, -0.1) is 0 Å². The number of hydrogen-bond donors (Lipinski definition) is 1. The second-order valence-corrected chi connectivity index (χ2v) is 8.57. The maximum absolute atomic E-state index is 13.0. The molecular formula is C23H24N2O5S. The van der Waals surface area contributed by atoms with Crippen molar-refractivity contribution in [1.29, 1.82) is 0 Å². The van der Waals surface area contributed by atoms with Crippen LogP contribution in [0.3, 0.4) is 0 Å². The van der Waals surface area contributed by atoms with Crippen LogP contribution in [0.15, 0.2) is 82.3 Å². The van der Waals surface area contributed by atoms with E-state index in [2.05, 4.69) is 4.72 Å². The van der Waals surface area contributed by atoms with Gasteiger partial charge in [-0.25, -0.2) is 13.1 Å². The fraction of sp³-hybridized carbons (Fsp3) is 0.174. The van der Waals surface area contributed by atoms with E-state index in [-0.39, 0.29) is 16.6 Å². The van der Waals surface area contributed by atoms with Crippen molar-refractivity contribution in [3.8, 4) is 5.75 Å². The first-order valence-corrected chi connectivity index (χ1v) is 11.1. The summed E-state index contributed by atoms with van der Waals surface area (Å²) < 4.78 is 37.3. The van der Waals surface area contributed by atoms with Crippen LogP contribution in [0.2, 0.25) is 0 Å². The molecule has 1 N–H and O–H groups in total. The maximum atomic E-state index is 13.0. The number of methoxy groups -OCH3 is 1. The second kappa shape index (κ2) is 10.1. The molecule has 0 atom stereocenters. The van der Waals surface area contributed by atoms with Crippen molar-refractivity contribution < 1.29 is 22.4 Å². The Kier molecular flexibility index (Phi) is 7.28. The molecule has 31 heavy (non-hydrogen) atoms. The second-order valence-electron chi connectivity index (χ2n) is 6.71. The predicted molar refractivity (Wildman–Crippen MR) is 118 cm³/mol. The van der Waals surface area contributed by atoms with Gasteiger partial charge in [0.15, 0.2) is 0 Å². The number of carbonyl (C=O) groups is 1. The van der Waals surface area contributed by atoms with E-state index in [1.807, 2.05) is 36.4 Å². The number of amides is 1. The molecule has 2 aromatic carbocycles. The van der Waals surface area contributed by atoms with Crippen LogP contribution in [-0.2, 0) is 27.9 Å². The van der Waals surface area contributed by atoms with Crippen LogP contribution in [0.25, 0.3) is 6.08 Å². The van der Waals surface area contributed by atoms with Gasteiger partial charge in [-0.2, -0.15) is 0 Å². The van der Waals surface area contributed by atoms with Gasteiger partial charge in [0, 0.05) is 12.6 Å². The van der Waals surface area contributed by atoms with E-state index >= 15 is 0 Å². The predicted octanol–water partition coefficient (Wildman–Crippen LogP) is 3.44. The largest absolute Gasteiger partial charge is 0.495 e. The highest BCUT2D eigenvalue weighted by molar-refractivity contribution is 7.89. The summed E-state index contributed by atoms with van der Waals surface area (Å²) in [5.74, 6) is 0.667. The number of hydrogen-bond acceptors (Lipinski definition) is 5.